The number of ketones is 1. The molecule has 678 valence electrons. The van der Waals surface area contributed by atoms with Crippen LogP contribution >= 0.6 is 0 Å². The highest BCUT2D eigenvalue weighted by molar-refractivity contribution is 7.92. The van der Waals surface area contributed by atoms with E-state index in [4.69, 9.17) is 9.72 Å². The van der Waals surface area contributed by atoms with E-state index >= 15 is 0 Å². The van der Waals surface area contributed by atoms with Crippen LogP contribution in [0.2, 0.25) is 0 Å². The Morgan fingerprint density at radius 3 is 1.10 bits per heavy atom. The lowest BCUT2D eigenvalue weighted by atomic mass is 10.1. The molecule has 0 saturated heterocycles. The van der Waals surface area contributed by atoms with Gasteiger partial charge in [0.2, 0.25) is 11.7 Å². The minimum absolute atomic E-state index is 0.193. The molecule has 0 unspecified atom stereocenters. The van der Waals surface area contributed by atoms with Crippen LogP contribution in [0.1, 0.15) is 120 Å². The fraction of sp³-hybridized carbons (Fsp3) is 0.202. The van der Waals surface area contributed by atoms with Crippen molar-refractivity contribution < 1.29 is 51.6 Å². The summed E-state index contributed by atoms with van der Waals surface area (Å²) >= 11 is 0. The zero-order chi connectivity index (χ0) is 94.9. The monoisotopic (exact) mass is 1860 g/mol. The smallest absolute Gasteiger partial charge is 0.236 e. The Kier molecular flexibility index (Phi) is 33.9. The van der Waals surface area contributed by atoms with Gasteiger partial charge in [-0.1, -0.05) is 218 Å². The summed E-state index contributed by atoms with van der Waals surface area (Å²) in [5.74, 6) is 1.02. The van der Waals surface area contributed by atoms with Crippen molar-refractivity contribution in [2.45, 2.75) is 142 Å². The van der Waals surface area contributed by atoms with Gasteiger partial charge in [-0.25, -0.2) is 67.0 Å². The van der Waals surface area contributed by atoms with Crippen molar-refractivity contribution in [2.24, 2.45) is 0 Å². The minimum Gasteiger partial charge on any atom is -0.471 e. The molecule has 10 aromatic carbocycles. The van der Waals surface area contributed by atoms with E-state index in [0.717, 1.165) is 99.2 Å². The number of hydrogen-bond acceptors (Lipinski definition) is 23. The molecule has 5 heterocycles. The lowest BCUT2D eigenvalue weighted by Crippen LogP contribution is -2.13. The average Bonchev–Trinajstić information content (AvgIpc) is 0.768. The third kappa shape index (κ3) is 27.3. The number of aryl methyl sites for hydroxylation is 7. The third-order valence-corrected chi connectivity index (χ3v) is 29.8. The number of nitrogens with one attached hydrogen (secondary N) is 1. The second-order valence-electron chi connectivity index (χ2n) is 31.8. The zero-order valence-corrected chi connectivity index (χ0v) is 79.8. The van der Waals surface area contributed by atoms with E-state index in [2.05, 4.69) is 74.4 Å². The largest absolute Gasteiger partial charge is 0.471 e. The Hall–Kier alpha value is -13.6. The molecule has 132 heavy (non-hydrogen) atoms. The van der Waals surface area contributed by atoms with E-state index in [1.165, 1.54) is 23.6 Å². The molecule has 28 heteroatoms. The fourth-order valence-electron chi connectivity index (χ4n) is 13.0. The van der Waals surface area contributed by atoms with Crippen LogP contribution in [0.25, 0.3) is 68.4 Å². The quantitative estimate of drug-likeness (QED) is 0.0467. The second-order valence-corrected chi connectivity index (χ2v) is 43.4. The number of ether oxygens (including phenoxy) is 1. The van der Waals surface area contributed by atoms with Crippen LogP contribution < -0.4 is 10.1 Å². The maximum absolute atomic E-state index is 12.7. The van der Waals surface area contributed by atoms with Gasteiger partial charge in [-0.05, 0) is 184 Å². The van der Waals surface area contributed by atoms with Gasteiger partial charge in [0.05, 0.1) is 140 Å². The summed E-state index contributed by atoms with van der Waals surface area (Å²) in [6, 6.07) is 82.8. The Labute approximate surface area is 774 Å². The molecule has 23 nitrogen and oxygen atoms in total. The number of nitrogens with zero attached hydrogens (tertiary/aromatic N) is 10. The highest BCUT2D eigenvalue weighted by Crippen LogP contribution is 2.30. The number of sulfone groups is 5. The molecule has 1 N–H and O–H groups in total. The van der Waals surface area contributed by atoms with Crippen LogP contribution in [-0.2, 0) is 75.1 Å². The molecular weight excluding hydrogens is 1760 g/mol. The fourth-order valence-corrected chi connectivity index (χ4v) is 17.4. The Morgan fingerprint density at radius 1 is 0.333 bits per heavy atom. The molecule has 0 atom stereocenters. The van der Waals surface area contributed by atoms with Gasteiger partial charge in [0.1, 0.15) is 18.1 Å². The van der Waals surface area contributed by atoms with Crippen LogP contribution in [-0.4, -0.2) is 133 Å². The molecule has 0 aliphatic rings. The Bertz CT molecular complexity index is 7080. The third-order valence-electron chi connectivity index (χ3n) is 21.1. The van der Waals surface area contributed by atoms with Gasteiger partial charge in [-0.2, -0.15) is 0 Å². The molecular formula is C104H105N11O12S5. The minimum atomic E-state index is -3.33. The van der Waals surface area contributed by atoms with Gasteiger partial charge < -0.3 is 10.1 Å². The normalized spacial score (nSPS) is 11.6. The first-order valence-corrected chi connectivity index (χ1v) is 51.0. The number of carbonyl (C=O) groups is 1. The van der Waals surface area contributed by atoms with Crippen molar-refractivity contribution in [3.8, 4) is 62.2 Å². The number of rotatable bonds is 27. The molecule has 15 aromatic rings. The van der Waals surface area contributed by atoms with E-state index in [1.807, 2.05) is 143 Å². The molecule has 0 bridgehead atoms. The van der Waals surface area contributed by atoms with Crippen molar-refractivity contribution in [3.05, 3.63) is 377 Å². The molecule has 0 saturated carbocycles. The van der Waals surface area contributed by atoms with E-state index in [1.54, 1.807) is 225 Å². The summed E-state index contributed by atoms with van der Waals surface area (Å²) in [5, 5.41) is 1.98. The van der Waals surface area contributed by atoms with Crippen LogP contribution in [0.4, 0.5) is 5.82 Å². The zero-order valence-electron chi connectivity index (χ0n) is 75.7. The van der Waals surface area contributed by atoms with Crippen LogP contribution in [0, 0.1) is 34.6 Å². The summed E-state index contributed by atoms with van der Waals surface area (Å²) in [4.78, 5) is 59.3. The standard InChI is InChI=1S/C22H25N3O2S.C22H24N2O2S.C21H20N2O3S.C20H18N2O2S.C19H18N2O3S/c1-16(2)28(26,27)20-11-9-19(10-12-20)21-15-24-17(3)22(25-21)23-14-13-18-7-5-4-6-8-18;1-16(2)27(25,26)20-12-10-19(11-13-20)22-15-23-17(3)21(24-22)14-9-18-7-5-4-6-8-18;1-14(2)27(25,26)18-11-9-16(10-12-18)19-13-22-15(3)20(23-19)21(24)17-7-5-4-6-8-17;1-15-19(13-8-16-6-4-3-5-7-16)22-20(14-21-15)17-9-11-18(12-10-17)25(2,23)24;1-14-19(24-13-15-6-4-3-5-7-15)21-18(12-20-14)16-8-10-17(11-9-16)25(2,22)23/h4-12,15-16H,13-14H2,1-3H3,(H,23,25);4-8,10-13,15-16H,9,14H2,1-3H3;4-14H,1-3H3;3-14H,1-2H3;3-12H,13H2,1-2H3/b;;;13-8+;. The average molecular weight is 1860 g/mol. The number of anilines is 1. The van der Waals surface area contributed by atoms with E-state index in [0.29, 0.717) is 72.5 Å². The predicted octanol–water partition coefficient (Wildman–Crippen LogP) is 20.0. The molecule has 5 aromatic heterocycles. The second kappa shape index (κ2) is 45.3. The molecule has 0 amide bonds. The van der Waals surface area contributed by atoms with Gasteiger partial charge in [-0.15, -0.1) is 0 Å². The summed E-state index contributed by atoms with van der Waals surface area (Å²) < 4.78 is 126. The highest BCUT2D eigenvalue weighted by atomic mass is 32.2. The van der Waals surface area contributed by atoms with Gasteiger partial charge >= 0.3 is 0 Å². The van der Waals surface area contributed by atoms with Crippen molar-refractivity contribution in [1.29, 1.82) is 0 Å². The molecule has 15 rings (SSSR count). The summed E-state index contributed by atoms with van der Waals surface area (Å²) in [6.07, 6.45) is 17.3. The van der Waals surface area contributed by atoms with Crippen molar-refractivity contribution in [2.75, 3.05) is 24.4 Å². The number of aromatic nitrogens is 10. The molecule has 0 fully saturated rings. The topological polar surface area (TPSA) is 338 Å². The van der Waals surface area contributed by atoms with E-state index < -0.39 is 64.9 Å². The summed E-state index contributed by atoms with van der Waals surface area (Å²) in [7, 11) is -16.3. The van der Waals surface area contributed by atoms with E-state index in [9.17, 15) is 46.9 Å². The predicted molar refractivity (Wildman–Crippen MR) is 523 cm³/mol. The van der Waals surface area contributed by atoms with E-state index in [-0.39, 0.29) is 21.3 Å². The van der Waals surface area contributed by atoms with Gasteiger partial charge in [0, 0.05) is 52.4 Å². The number of hydrogen-bond donors (Lipinski definition) is 1. The number of carbonyl (C=O) groups excluding carboxylic acids is 1. The lowest BCUT2D eigenvalue weighted by molar-refractivity contribution is 0.103. The maximum Gasteiger partial charge on any atom is 0.236 e. The van der Waals surface area contributed by atoms with Crippen LogP contribution in [0.3, 0.4) is 0 Å². The SMILES string of the molecule is Cc1ncc(-c2ccc(S(=O)(=O)C(C)C)cc2)nc1C(=O)c1ccccc1.Cc1ncc(-c2ccc(S(=O)(=O)C(C)C)cc2)nc1CCc1ccccc1.Cc1ncc(-c2ccc(S(=O)(=O)C(C)C)cc2)nc1NCCc1ccccc1.Cc1ncc(-c2ccc(S(C)(=O)=O)cc2)nc1/C=C/c1ccccc1.Cc1ncc(-c2ccc(S(C)(=O)=O)cc2)nc1OCc1ccccc1. The Morgan fingerprint density at radius 2 is 0.674 bits per heavy atom. The first kappa shape index (κ1) is 98.9. The van der Waals surface area contributed by atoms with Crippen LogP contribution in [0.5, 0.6) is 5.88 Å². The van der Waals surface area contributed by atoms with Crippen LogP contribution in [0.15, 0.2) is 328 Å². The van der Waals surface area contributed by atoms with Crippen molar-refractivity contribution >= 4 is 72.9 Å². The van der Waals surface area contributed by atoms with Gasteiger partial charge in [0.25, 0.3) is 0 Å². The lowest BCUT2D eigenvalue weighted by Gasteiger charge is -2.11. The van der Waals surface area contributed by atoms with Gasteiger partial charge in [0.15, 0.2) is 49.2 Å². The Balaban J connectivity index is 0.000000159. The summed E-state index contributed by atoms with van der Waals surface area (Å²) in [5.41, 5.74) is 18.4. The highest BCUT2D eigenvalue weighted by Gasteiger charge is 2.24. The number of benzene rings is 10. The first-order chi connectivity index (χ1) is 62.9. The van der Waals surface area contributed by atoms with Crippen molar-refractivity contribution in [1.82, 2.24) is 49.8 Å². The van der Waals surface area contributed by atoms with Crippen molar-refractivity contribution in [3.63, 3.8) is 0 Å². The molecule has 0 aliphatic heterocycles. The molecule has 0 radical (unpaired) electrons. The maximum atomic E-state index is 12.7. The summed E-state index contributed by atoms with van der Waals surface area (Å²) in [6.45, 7) is 20.6. The molecule has 0 spiro atoms. The molecule has 0 aliphatic carbocycles. The van der Waals surface area contributed by atoms with Gasteiger partial charge in [-0.3, -0.25) is 29.7 Å². The first-order valence-electron chi connectivity index (χ1n) is 42.5.